The summed E-state index contributed by atoms with van der Waals surface area (Å²) in [7, 11) is 0. The lowest BCUT2D eigenvalue weighted by atomic mass is 9.99. The summed E-state index contributed by atoms with van der Waals surface area (Å²) in [6.45, 7) is 0.704. The molecule has 18 heavy (non-hydrogen) atoms. The third kappa shape index (κ3) is 1.66. The van der Waals surface area contributed by atoms with Crippen LogP contribution in [0.1, 0.15) is 22.5 Å². The standard InChI is InChI=1S/C14H14N2O2/c15-11-5-1-6-12-10(11)4-2-8-16(12)14(17)13-7-3-9-18-13/h1,3,5-7,9H,2,4,8,15H2. The molecule has 0 bridgehead atoms. The minimum absolute atomic E-state index is 0.105. The van der Waals surface area contributed by atoms with E-state index in [4.69, 9.17) is 10.2 Å². The van der Waals surface area contributed by atoms with E-state index in [0.717, 1.165) is 29.8 Å². The zero-order valence-corrected chi connectivity index (χ0v) is 9.93. The molecular formula is C14H14N2O2. The highest BCUT2D eigenvalue weighted by molar-refractivity contribution is 6.05. The largest absolute Gasteiger partial charge is 0.459 e. The van der Waals surface area contributed by atoms with Gasteiger partial charge in [0, 0.05) is 17.9 Å². The molecule has 0 unspecified atom stereocenters. The van der Waals surface area contributed by atoms with Crippen LogP contribution in [0, 0.1) is 0 Å². The lowest BCUT2D eigenvalue weighted by Gasteiger charge is -2.29. The molecule has 0 radical (unpaired) electrons. The maximum atomic E-state index is 12.3. The van der Waals surface area contributed by atoms with Crippen molar-refractivity contribution in [1.29, 1.82) is 0 Å². The molecule has 2 N–H and O–H groups in total. The molecule has 0 atom stereocenters. The Bertz CT molecular complexity index is 575. The van der Waals surface area contributed by atoms with Crippen molar-refractivity contribution in [2.24, 2.45) is 0 Å². The first-order chi connectivity index (χ1) is 8.77. The Morgan fingerprint density at radius 2 is 2.17 bits per heavy atom. The predicted octanol–water partition coefficient (Wildman–Crippen LogP) is 2.45. The van der Waals surface area contributed by atoms with Crippen LogP contribution in [0.4, 0.5) is 11.4 Å². The minimum atomic E-state index is -0.105. The van der Waals surface area contributed by atoms with Crippen molar-refractivity contribution in [2.75, 3.05) is 17.2 Å². The Hall–Kier alpha value is -2.23. The number of carbonyl (C=O) groups excluding carboxylic acids is 1. The van der Waals surface area contributed by atoms with Crippen molar-refractivity contribution in [2.45, 2.75) is 12.8 Å². The number of fused-ring (bicyclic) bond motifs is 1. The molecular weight excluding hydrogens is 228 g/mol. The summed E-state index contributed by atoms with van der Waals surface area (Å²) < 4.78 is 5.17. The Morgan fingerprint density at radius 1 is 1.28 bits per heavy atom. The second-order valence-corrected chi connectivity index (χ2v) is 4.38. The molecule has 0 saturated heterocycles. The smallest absolute Gasteiger partial charge is 0.293 e. The van der Waals surface area contributed by atoms with Crippen molar-refractivity contribution in [1.82, 2.24) is 0 Å². The molecule has 3 rings (SSSR count). The Morgan fingerprint density at radius 3 is 2.94 bits per heavy atom. The summed E-state index contributed by atoms with van der Waals surface area (Å²) >= 11 is 0. The van der Waals surface area contributed by atoms with Crippen molar-refractivity contribution in [3.63, 3.8) is 0 Å². The SMILES string of the molecule is Nc1cccc2c1CCCN2C(=O)c1ccco1. The number of nitrogen functional groups attached to an aromatic ring is 1. The third-order valence-electron chi connectivity index (χ3n) is 3.26. The van der Waals surface area contributed by atoms with Crippen LogP contribution >= 0.6 is 0 Å². The molecule has 92 valence electrons. The van der Waals surface area contributed by atoms with Gasteiger partial charge in [-0.15, -0.1) is 0 Å². The lowest BCUT2D eigenvalue weighted by molar-refractivity contribution is 0.0958. The molecule has 1 aromatic heterocycles. The number of nitrogens with two attached hydrogens (primary N) is 1. The van der Waals surface area contributed by atoms with Crippen LogP contribution in [-0.2, 0) is 6.42 Å². The van der Waals surface area contributed by atoms with Gasteiger partial charge in [-0.3, -0.25) is 4.79 Å². The zero-order chi connectivity index (χ0) is 12.5. The first kappa shape index (κ1) is 10.9. The van der Waals surface area contributed by atoms with Gasteiger partial charge in [0.15, 0.2) is 5.76 Å². The number of hydrogen-bond donors (Lipinski definition) is 1. The molecule has 1 aliphatic heterocycles. The fraction of sp³-hybridized carbons (Fsp3) is 0.214. The highest BCUT2D eigenvalue weighted by Gasteiger charge is 2.25. The van der Waals surface area contributed by atoms with E-state index >= 15 is 0 Å². The topological polar surface area (TPSA) is 59.5 Å². The molecule has 2 aromatic rings. The molecule has 4 heteroatoms. The average Bonchev–Trinajstić information content (AvgIpc) is 2.92. The molecule has 1 amide bonds. The van der Waals surface area contributed by atoms with Crippen LogP contribution in [0.2, 0.25) is 0 Å². The minimum Gasteiger partial charge on any atom is -0.459 e. The zero-order valence-electron chi connectivity index (χ0n) is 9.93. The molecule has 1 aliphatic rings. The van der Waals surface area contributed by atoms with E-state index in [1.807, 2.05) is 18.2 Å². The van der Waals surface area contributed by atoms with Crippen LogP contribution in [0.3, 0.4) is 0 Å². The molecule has 0 spiro atoms. The normalized spacial score (nSPS) is 14.3. The number of benzene rings is 1. The predicted molar refractivity (Wildman–Crippen MR) is 69.6 cm³/mol. The van der Waals surface area contributed by atoms with Gasteiger partial charge in [0.1, 0.15) is 0 Å². The van der Waals surface area contributed by atoms with E-state index in [9.17, 15) is 4.79 Å². The summed E-state index contributed by atoms with van der Waals surface area (Å²) in [5.41, 5.74) is 8.68. The van der Waals surface area contributed by atoms with Gasteiger partial charge < -0.3 is 15.1 Å². The number of hydrogen-bond acceptors (Lipinski definition) is 3. The second-order valence-electron chi connectivity index (χ2n) is 4.38. The number of amides is 1. The summed E-state index contributed by atoms with van der Waals surface area (Å²) in [4.78, 5) is 14.1. The Labute approximate surface area is 105 Å². The van der Waals surface area contributed by atoms with E-state index in [1.54, 1.807) is 17.0 Å². The summed E-state index contributed by atoms with van der Waals surface area (Å²) in [5, 5.41) is 0. The van der Waals surface area contributed by atoms with Gasteiger partial charge in [0.2, 0.25) is 0 Å². The van der Waals surface area contributed by atoms with E-state index in [-0.39, 0.29) is 5.91 Å². The quantitative estimate of drug-likeness (QED) is 0.781. The van der Waals surface area contributed by atoms with Gasteiger partial charge in [-0.1, -0.05) is 6.07 Å². The molecule has 0 aliphatic carbocycles. The number of anilines is 2. The number of rotatable bonds is 1. The van der Waals surface area contributed by atoms with Gasteiger partial charge >= 0.3 is 0 Å². The van der Waals surface area contributed by atoms with Crippen LogP contribution in [-0.4, -0.2) is 12.5 Å². The molecule has 4 nitrogen and oxygen atoms in total. The van der Waals surface area contributed by atoms with Gasteiger partial charge in [0.25, 0.3) is 5.91 Å². The van der Waals surface area contributed by atoms with Crippen molar-refractivity contribution in [3.8, 4) is 0 Å². The lowest BCUT2D eigenvalue weighted by Crippen LogP contribution is -2.35. The second kappa shape index (κ2) is 4.22. The summed E-state index contributed by atoms with van der Waals surface area (Å²) in [6, 6.07) is 9.09. The maximum Gasteiger partial charge on any atom is 0.293 e. The first-order valence-corrected chi connectivity index (χ1v) is 6.00. The van der Waals surface area contributed by atoms with E-state index in [0.29, 0.717) is 12.3 Å². The van der Waals surface area contributed by atoms with Crippen LogP contribution in [0.25, 0.3) is 0 Å². The van der Waals surface area contributed by atoms with Crippen molar-refractivity contribution < 1.29 is 9.21 Å². The highest BCUT2D eigenvalue weighted by atomic mass is 16.3. The number of nitrogens with zero attached hydrogens (tertiary/aromatic N) is 1. The van der Waals surface area contributed by atoms with Gasteiger partial charge in [0.05, 0.1) is 6.26 Å². The molecule has 0 fully saturated rings. The number of carbonyl (C=O) groups is 1. The highest BCUT2D eigenvalue weighted by Crippen LogP contribution is 2.32. The molecule has 2 heterocycles. The summed E-state index contributed by atoms with van der Waals surface area (Å²) in [5.74, 6) is 0.261. The Kier molecular flexibility index (Phi) is 2.55. The Balaban J connectivity index is 2.02. The fourth-order valence-electron chi connectivity index (χ4n) is 2.40. The number of furan rings is 1. The van der Waals surface area contributed by atoms with Gasteiger partial charge in [-0.25, -0.2) is 0 Å². The van der Waals surface area contributed by atoms with Crippen LogP contribution in [0.5, 0.6) is 0 Å². The molecule has 0 saturated carbocycles. The third-order valence-corrected chi connectivity index (χ3v) is 3.26. The van der Waals surface area contributed by atoms with Crippen molar-refractivity contribution in [3.05, 3.63) is 47.9 Å². The summed E-state index contributed by atoms with van der Waals surface area (Å²) in [6.07, 6.45) is 3.36. The molecule has 1 aromatic carbocycles. The first-order valence-electron chi connectivity index (χ1n) is 6.00. The van der Waals surface area contributed by atoms with Crippen molar-refractivity contribution >= 4 is 17.3 Å². The monoisotopic (exact) mass is 242 g/mol. The van der Waals surface area contributed by atoms with E-state index in [2.05, 4.69) is 0 Å². The van der Waals surface area contributed by atoms with E-state index in [1.165, 1.54) is 6.26 Å². The van der Waals surface area contributed by atoms with Crippen LogP contribution in [0.15, 0.2) is 41.0 Å². The average molecular weight is 242 g/mol. The maximum absolute atomic E-state index is 12.3. The van der Waals surface area contributed by atoms with Crippen LogP contribution < -0.4 is 10.6 Å². The van der Waals surface area contributed by atoms with Gasteiger partial charge in [-0.05, 0) is 42.7 Å². The van der Waals surface area contributed by atoms with Gasteiger partial charge in [-0.2, -0.15) is 0 Å². The fourth-order valence-corrected chi connectivity index (χ4v) is 2.40. The van der Waals surface area contributed by atoms with E-state index < -0.39 is 0 Å².